The summed E-state index contributed by atoms with van der Waals surface area (Å²) in [5, 5.41) is 11.6. The molecule has 6 heteroatoms. The third-order valence-corrected chi connectivity index (χ3v) is 19.0. The molecule has 1 aliphatic rings. The molecule has 0 saturated carbocycles. The van der Waals surface area contributed by atoms with Crippen LogP contribution in [0.25, 0.3) is 47.5 Å². The quantitative estimate of drug-likeness (QED) is 0.0989. The molecule has 59 heavy (non-hydrogen) atoms. The van der Waals surface area contributed by atoms with Crippen molar-refractivity contribution in [3.63, 3.8) is 0 Å². The smallest absolute Gasteiger partial charge is 0.181 e. The number of nitrogens with zero attached hydrogens (tertiary/aromatic N) is 4. The van der Waals surface area contributed by atoms with Crippen molar-refractivity contribution in [2.75, 3.05) is 4.90 Å². The van der Waals surface area contributed by atoms with E-state index in [4.69, 9.17) is 9.97 Å². The maximum absolute atomic E-state index is 5.06. The third-order valence-electron chi connectivity index (χ3n) is 12.8. The van der Waals surface area contributed by atoms with Crippen LogP contribution < -0.4 is 25.6 Å². The minimum Gasteiger partial charge on any atom is -0.299 e. The number of imidazole rings is 1. The van der Waals surface area contributed by atoms with E-state index in [0.717, 1.165) is 22.4 Å². The van der Waals surface area contributed by atoms with Gasteiger partial charge in [-0.05, 0) is 73.7 Å². The number of anilines is 3. The van der Waals surface area contributed by atoms with E-state index < -0.39 is 8.07 Å². The lowest BCUT2D eigenvalue weighted by Gasteiger charge is -2.43. The number of thiophene rings is 1. The second-order valence-electron chi connectivity index (χ2n) is 16.2. The van der Waals surface area contributed by atoms with Crippen molar-refractivity contribution in [3.8, 4) is 0 Å². The van der Waals surface area contributed by atoms with E-state index in [2.05, 4.69) is 199 Å². The number of aromatic nitrogens is 3. The predicted molar refractivity (Wildman–Crippen MR) is 251 cm³/mol. The molecule has 0 radical (unpaired) electrons. The number of fused-ring (bicyclic) bond motifs is 12. The Morgan fingerprint density at radius 2 is 1.24 bits per heavy atom. The monoisotopic (exact) mass is 790 g/mol. The fourth-order valence-corrected chi connectivity index (χ4v) is 16.9. The molecule has 11 aromatic rings. The van der Waals surface area contributed by atoms with Gasteiger partial charge in [0.2, 0.25) is 0 Å². The highest BCUT2D eigenvalue weighted by atomic mass is 32.1. The van der Waals surface area contributed by atoms with E-state index in [1.54, 1.807) is 0 Å². The Morgan fingerprint density at radius 1 is 0.542 bits per heavy atom. The van der Waals surface area contributed by atoms with E-state index in [-0.39, 0.29) is 5.41 Å². The number of rotatable bonds is 5. The molecule has 1 aliphatic heterocycles. The highest BCUT2D eigenvalue weighted by molar-refractivity contribution is 7.30. The molecule has 0 bridgehead atoms. The van der Waals surface area contributed by atoms with Crippen LogP contribution in [0.1, 0.15) is 25.0 Å². The summed E-state index contributed by atoms with van der Waals surface area (Å²) in [5.74, 6) is 0.910. The van der Waals surface area contributed by atoms with Crippen LogP contribution in [0.4, 0.5) is 17.2 Å². The van der Waals surface area contributed by atoms with Crippen LogP contribution >= 0.6 is 11.3 Å². The van der Waals surface area contributed by atoms with Gasteiger partial charge in [0.05, 0.1) is 16.9 Å². The first-order chi connectivity index (χ1) is 29.0. The molecule has 0 amide bonds. The van der Waals surface area contributed by atoms with Crippen molar-refractivity contribution >= 4 is 105 Å². The highest BCUT2D eigenvalue weighted by Gasteiger charge is 2.47. The Bertz CT molecular complexity index is 3390. The van der Waals surface area contributed by atoms with Gasteiger partial charge in [0, 0.05) is 55.0 Å². The first-order valence-corrected chi connectivity index (χ1v) is 23.1. The molecule has 0 N–H and O–H groups in total. The van der Waals surface area contributed by atoms with Gasteiger partial charge in [0.1, 0.15) is 11.5 Å². The SMILES string of the molecule is CC1(C)c2ccccc2N(c2ccccn2)c2cc([Si](c3ccccc3)(c3ccccc3)c3ccc4c5ccccc5n5ccnc5c4c3)c3sc4ccccc4c3c21. The normalized spacial score (nSPS) is 13.7. The van der Waals surface area contributed by atoms with Crippen molar-refractivity contribution in [3.05, 3.63) is 206 Å². The second kappa shape index (κ2) is 12.8. The Kier molecular flexibility index (Phi) is 7.43. The summed E-state index contributed by atoms with van der Waals surface area (Å²) >= 11 is 1.94. The fourth-order valence-electron chi connectivity index (χ4n) is 10.3. The molecule has 0 unspecified atom stereocenters. The summed E-state index contributed by atoms with van der Waals surface area (Å²) in [7, 11) is -3.18. The number of pyridine rings is 2. The van der Waals surface area contributed by atoms with Gasteiger partial charge in [-0.1, -0.05) is 153 Å². The molecule has 4 aromatic heterocycles. The van der Waals surface area contributed by atoms with Crippen LogP contribution in [0.2, 0.25) is 0 Å². The molecule has 0 saturated heterocycles. The Balaban J connectivity index is 1.31. The minimum absolute atomic E-state index is 0.308. The third kappa shape index (κ3) is 4.76. The van der Waals surface area contributed by atoms with Gasteiger partial charge in [0.25, 0.3) is 0 Å². The maximum atomic E-state index is 5.06. The highest BCUT2D eigenvalue weighted by Crippen LogP contribution is 2.55. The Morgan fingerprint density at radius 3 is 2.02 bits per heavy atom. The largest absolute Gasteiger partial charge is 0.299 e. The molecule has 0 aliphatic carbocycles. The van der Waals surface area contributed by atoms with Crippen LogP contribution in [-0.2, 0) is 5.41 Å². The topological polar surface area (TPSA) is 33.4 Å². The van der Waals surface area contributed by atoms with Gasteiger partial charge in [-0.15, -0.1) is 11.3 Å². The lowest BCUT2D eigenvalue weighted by molar-refractivity contribution is 0.638. The van der Waals surface area contributed by atoms with Crippen LogP contribution in [0.15, 0.2) is 195 Å². The average molecular weight is 791 g/mol. The van der Waals surface area contributed by atoms with E-state index in [0.29, 0.717) is 0 Å². The van der Waals surface area contributed by atoms with E-state index in [9.17, 15) is 0 Å². The van der Waals surface area contributed by atoms with Crippen molar-refractivity contribution < 1.29 is 0 Å². The van der Waals surface area contributed by atoms with Gasteiger partial charge < -0.3 is 0 Å². The molecule has 7 aromatic carbocycles. The molecule has 5 heterocycles. The summed E-state index contributed by atoms with van der Waals surface area (Å²) in [6, 6.07) is 65.5. The van der Waals surface area contributed by atoms with Crippen LogP contribution in [0.5, 0.6) is 0 Å². The van der Waals surface area contributed by atoms with Gasteiger partial charge in [-0.2, -0.15) is 0 Å². The summed E-state index contributed by atoms with van der Waals surface area (Å²) in [5.41, 5.74) is 6.81. The summed E-state index contributed by atoms with van der Waals surface area (Å²) in [4.78, 5) is 12.5. The zero-order valence-electron chi connectivity index (χ0n) is 32.7. The number of para-hydroxylation sites is 2. The van der Waals surface area contributed by atoms with E-state index in [1.165, 1.54) is 74.2 Å². The molecule has 280 valence electrons. The Hall–Kier alpha value is -6.86. The van der Waals surface area contributed by atoms with E-state index >= 15 is 0 Å². The van der Waals surface area contributed by atoms with E-state index in [1.807, 2.05) is 29.8 Å². The average Bonchev–Trinajstić information content (AvgIpc) is 3.95. The van der Waals surface area contributed by atoms with Crippen molar-refractivity contribution in [2.45, 2.75) is 19.3 Å². The van der Waals surface area contributed by atoms with Crippen molar-refractivity contribution in [1.29, 1.82) is 0 Å². The maximum Gasteiger partial charge on any atom is 0.181 e. The summed E-state index contributed by atoms with van der Waals surface area (Å²) in [6.45, 7) is 4.82. The molecule has 4 nitrogen and oxygen atoms in total. The standard InChI is InChI=1S/C53H38N4SSi/c1-53(2)42-23-11-13-25-44(42)57(48-27-15-16-30-54-48)45-34-47(51-49(50(45)53)40-22-10-14-26-46(40)58-51)59(35-17-5-3-6-18-35,36-19-7-4-8-20-36)37-28-29-38-39-21-9-12-24-43(39)56-32-31-55-52(56)41(38)33-37/h3-34H,1-2H3. The number of hydrogen-bond acceptors (Lipinski definition) is 4. The number of hydrogen-bond donors (Lipinski definition) is 0. The van der Waals surface area contributed by atoms with Crippen LogP contribution in [-0.4, -0.2) is 22.4 Å². The van der Waals surface area contributed by atoms with Crippen LogP contribution in [0, 0.1) is 0 Å². The first kappa shape index (κ1) is 34.2. The molecule has 0 fully saturated rings. The second-order valence-corrected chi connectivity index (χ2v) is 21.0. The summed E-state index contributed by atoms with van der Waals surface area (Å²) in [6.07, 6.45) is 5.95. The lowest BCUT2D eigenvalue weighted by atomic mass is 9.72. The molecule has 12 rings (SSSR count). The zero-order chi connectivity index (χ0) is 39.3. The van der Waals surface area contributed by atoms with Gasteiger partial charge in [-0.3, -0.25) is 9.30 Å². The predicted octanol–water partition coefficient (Wildman–Crippen LogP) is 10.9. The molecule has 0 atom stereocenters. The van der Waals surface area contributed by atoms with Crippen molar-refractivity contribution in [1.82, 2.24) is 14.4 Å². The van der Waals surface area contributed by atoms with Gasteiger partial charge in [0.15, 0.2) is 8.07 Å². The fraction of sp³-hybridized carbons (Fsp3) is 0.0566. The van der Waals surface area contributed by atoms with Crippen LogP contribution in [0.3, 0.4) is 0 Å². The van der Waals surface area contributed by atoms with Gasteiger partial charge >= 0.3 is 0 Å². The Labute approximate surface area is 347 Å². The van der Waals surface area contributed by atoms with Gasteiger partial charge in [-0.25, -0.2) is 9.97 Å². The minimum atomic E-state index is -3.18. The lowest BCUT2D eigenvalue weighted by Crippen LogP contribution is -2.75. The van der Waals surface area contributed by atoms with Crippen molar-refractivity contribution in [2.24, 2.45) is 0 Å². The summed E-state index contributed by atoms with van der Waals surface area (Å²) < 4.78 is 4.90. The zero-order valence-corrected chi connectivity index (χ0v) is 34.5. The number of benzene rings is 7. The first-order valence-electron chi connectivity index (χ1n) is 20.2. The molecule has 0 spiro atoms. The molecular formula is C53H38N4SSi. The molecular weight excluding hydrogens is 753 g/mol.